The molecule has 6 heteroatoms. The van der Waals surface area contributed by atoms with E-state index in [0.717, 1.165) is 18.3 Å². The molecular weight excluding hydrogens is 250 g/mol. The zero-order valence-corrected chi connectivity index (χ0v) is 11.7. The molecule has 0 saturated heterocycles. The molecule has 0 aliphatic rings. The first-order valence-electron chi connectivity index (χ1n) is 5.77. The normalized spacial score (nSPS) is 13.8. The van der Waals surface area contributed by atoms with Gasteiger partial charge < -0.3 is 0 Å². The maximum atomic E-state index is 11.9. The average molecular weight is 269 g/mol. The Morgan fingerprint density at radius 1 is 1.39 bits per heavy atom. The minimum absolute atomic E-state index is 0.0435. The van der Waals surface area contributed by atoms with Crippen LogP contribution in [-0.2, 0) is 10.0 Å². The van der Waals surface area contributed by atoms with E-state index in [4.69, 9.17) is 5.84 Å². The van der Waals surface area contributed by atoms with Crippen molar-refractivity contribution in [3.63, 3.8) is 0 Å². The molecule has 1 unspecified atom stereocenters. The summed E-state index contributed by atoms with van der Waals surface area (Å²) in [5.74, 6) is 5.66. The maximum Gasteiger partial charge on any atom is 0.283 e. The monoisotopic (exact) mass is 269 g/mol. The topological polar surface area (TPSA) is 75.8 Å². The van der Waals surface area contributed by atoms with Crippen molar-refractivity contribution in [3.8, 4) is 0 Å². The van der Waals surface area contributed by atoms with Gasteiger partial charge in [-0.15, -0.1) is 4.40 Å². The highest BCUT2D eigenvalue weighted by Crippen LogP contribution is 2.12. The Labute approximate surface area is 108 Å². The second-order valence-corrected chi connectivity index (χ2v) is 5.85. The second kappa shape index (κ2) is 5.97. The number of sulfonamides is 1. The van der Waals surface area contributed by atoms with E-state index in [9.17, 15) is 8.42 Å². The van der Waals surface area contributed by atoms with Crippen molar-refractivity contribution in [2.45, 2.75) is 38.1 Å². The third kappa shape index (κ3) is 3.82. The highest BCUT2D eigenvalue weighted by Gasteiger charge is 2.12. The summed E-state index contributed by atoms with van der Waals surface area (Å²) in [6.07, 6.45) is 1.97. The van der Waals surface area contributed by atoms with Gasteiger partial charge >= 0.3 is 0 Å². The Hall–Kier alpha value is -1.40. The summed E-state index contributed by atoms with van der Waals surface area (Å²) in [6, 6.07) is 6.58. The Morgan fingerprint density at radius 3 is 2.44 bits per heavy atom. The Balaban J connectivity index is 2.88. The van der Waals surface area contributed by atoms with E-state index in [1.807, 2.05) is 20.8 Å². The van der Waals surface area contributed by atoms with Crippen molar-refractivity contribution in [2.24, 2.45) is 10.2 Å². The molecule has 1 aromatic rings. The Bertz CT molecular complexity index is 509. The lowest BCUT2D eigenvalue weighted by Crippen LogP contribution is -2.37. The van der Waals surface area contributed by atoms with E-state index in [2.05, 4.69) is 4.40 Å². The molecule has 0 fully saturated rings. The number of hydrogen-bond donors (Lipinski definition) is 1. The van der Waals surface area contributed by atoms with Crippen molar-refractivity contribution in [2.75, 3.05) is 0 Å². The molecular formula is C12H19N3O2S. The lowest BCUT2D eigenvalue weighted by atomic mass is 10.2. The van der Waals surface area contributed by atoms with Crippen molar-refractivity contribution in [1.29, 1.82) is 0 Å². The number of rotatable bonds is 5. The van der Waals surface area contributed by atoms with Crippen LogP contribution >= 0.6 is 0 Å². The van der Waals surface area contributed by atoms with Crippen LogP contribution in [0.4, 0.5) is 0 Å². The number of nitrogens with two attached hydrogens (primary N) is 1. The van der Waals surface area contributed by atoms with Crippen LogP contribution in [0, 0.1) is 6.92 Å². The first-order valence-corrected chi connectivity index (χ1v) is 7.21. The van der Waals surface area contributed by atoms with E-state index in [-0.39, 0.29) is 10.9 Å². The number of benzene rings is 1. The fraction of sp³-hybridized carbons (Fsp3) is 0.417. The van der Waals surface area contributed by atoms with Gasteiger partial charge in [-0.3, -0.25) is 5.01 Å². The van der Waals surface area contributed by atoms with Gasteiger partial charge in [0.1, 0.15) is 6.34 Å². The van der Waals surface area contributed by atoms with E-state index in [1.165, 1.54) is 17.1 Å². The van der Waals surface area contributed by atoms with Crippen molar-refractivity contribution < 1.29 is 8.42 Å². The highest BCUT2D eigenvalue weighted by molar-refractivity contribution is 7.90. The molecule has 18 heavy (non-hydrogen) atoms. The van der Waals surface area contributed by atoms with Crippen LogP contribution in [0.1, 0.15) is 25.8 Å². The molecule has 0 aliphatic carbocycles. The largest absolute Gasteiger partial charge is 0.297 e. The summed E-state index contributed by atoms with van der Waals surface area (Å²) in [4.78, 5) is 0.168. The highest BCUT2D eigenvalue weighted by atomic mass is 32.2. The van der Waals surface area contributed by atoms with E-state index < -0.39 is 10.0 Å². The predicted molar refractivity (Wildman–Crippen MR) is 72.6 cm³/mol. The lowest BCUT2D eigenvalue weighted by molar-refractivity contribution is 0.343. The molecule has 0 heterocycles. The average Bonchev–Trinajstić information content (AvgIpc) is 2.35. The van der Waals surface area contributed by atoms with Gasteiger partial charge in [-0.1, -0.05) is 24.6 Å². The lowest BCUT2D eigenvalue weighted by Gasteiger charge is -2.19. The number of hydrogen-bond acceptors (Lipinski definition) is 3. The van der Waals surface area contributed by atoms with Gasteiger partial charge in [0.2, 0.25) is 0 Å². The van der Waals surface area contributed by atoms with Gasteiger partial charge in [-0.2, -0.15) is 8.42 Å². The summed E-state index contributed by atoms with van der Waals surface area (Å²) >= 11 is 0. The summed E-state index contributed by atoms with van der Waals surface area (Å²) in [5, 5.41) is 1.30. The van der Waals surface area contributed by atoms with Crippen LogP contribution in [-0.4, -0.2) is 25.8 Å². The SMILES string of the molecule is CCC(C)N(N)C=NS(=O)(=O)c1ccc(C)cc1. The van der Waals surface area contributed by atoms with E-state index >= 15 is 0 Å². The molecule has 0 saturated carbocycles. The molecule has 100 valence electrons. The Kier molecular flexibility index (Phi) is 4.86. The van der Waals surface area contributed by atoms with Gasteiger partial charge in [0, 0.05) is 6.04 Å². The summed E-state index contributed by atoms with van der Waals surface area (Å²) in [7, 11) is -3.67. The van der Waals surface area contributed by atoms with Crippen molar-refractivity contribution >= 4 is 16.4 Å². The quantitative estimate of drug-likeness (QED) is 0.382. The summed E-state index contributed by atoms with van der Waals surface area (Å²) < 4.78 is 27.3. The molecule has 1 aromatic carbocycles. The zero-order chi connectivity index (χ0) is 13.8. The van der Waals surface area contributed by atoms with Gasteiger partial charge in [0.05, 0.1) is 4.90 Å². The number of hydrazine groups is 1. The van der Waals surface area contributed by atoms with Crippen molar-refractivity contribution in [1.82, 2.24) is 5.01 Å². The van der Waals surface area contributed by atoms with Crippen LogP contribution in [0.3, 0.4) is 0 Å². The molecule has 1 atom stereocenters. The standard InChI is InChI=1S/C12H19N3O2S/c1-4-11(3)15(13)9-14-18(16,17)12-7-5-10(2)6-8-12/h5-9,11H,4,13H2,1-3H3. The van der Waals surface area contributed by atoms with E-state index in [0.29, 0.717) is 0 Å². The van der Waals surface area contributed by atoms with Gasteiger partial charge in [-0.05, 0) is 32.4 Å². The third-order valence-corrected chi connectivity index (χ3v) is 3.98. The summed E-state index contributed by atoms with van der Waals surface area (Å²) in [6.45, 7) is 5.75. The molecule has 0 radical (unpaired) electrons. The number of nitrogens with zero attached hydrogens (tertiary/aromatic N) is 2. The zero-order valence-electron chi connectivity index (χ0n) is 10.9. The summed E-state index contributed by atoms with van der Waals surface area (Å²) in [5.41, 5.74) is 0.998. The third-order valence-electron chi connectivity index (χ3n) is 2.74. The molecule has 1 rings (SSSR count). The minimum atomic E-state index is -3.67. The predicted octanol–water partition coefficient (Wildman–Crippen LogP) is 1.69. The van der Waals surface area contributed by atoms with E-state index in [1.54, 1.807) is 12.1 Å². The molecule has 5 nitrogen and oxygen atoms in total. The molecule has 0 amide bonds. The maximum absolute atomic E-state index is 11.9. The molecule has 0 bridgehead atoms. The van der Waals surface area contributed by atoms with Crippen LogP contribution in [0.25, 0.3) is 0 Å². The molecule has 2 N–H and O–H groups in total. The van der Waals surface area contributed by atoms with Crippen molar-refractivity contribution in [3.05, 3.63) is 29.8 Å². The Morgan fingerprint density at radius 2 is 1.94 bits per heavy atom. The smallest absolute Gasteiger partial charge is 0.283 e. The minimum Gasteiger partial charge on any atom is -0.297 e. The molecule has 0 aromatic heterocycles. The fourth-order valence-electron chi connectivity index (χ4n) is 1.21. The molecule has 0 spiro atoms. The van der Waals surface area contributed by atoms with Gasteiger partial charge in [0.15, 0.2) is 0 Å². The second-order valence-electron chi connectivity index (χ2n) is 4.21. The first-order chi connectivity index (χ1) is 8.36. The van der Waals surface area contributed by atoms with Crippen LogP contribution in [0.2, 0.25) is 0 Å². The van der Waals surface area contributed by atoms with Crippen LogP contribution < -0.4 is 5.84 Å². The van der Waals surface area contributed by atoms with Crippen LogP contribution in [0.5, 0.6) is 0 Å². The first kappa shape index (κ1) is 14.7. The number of aryl methyl sites for hydroxylation is 1. The molecule has 0 aliphatic heterocycles. The fourth-order valence-corrected chi connectivity index (χ4v) is 2.05. The van der Waals surface area contributed by atoms with Gasteiger partial charge in [-0.25, -0.2) is 5.84 Å². The van der Waals surface area contributed by atoms with Crippen LogP contribution in [0.15, 0.2) is 33.6 Å². The van der Waals surface area contributed by atoms with Gasteiger partial charge in [0.25, 0.3) is 10.0 Å².